The van der Waals surface area contributed by atoms with Gasteiger partial charge in [-0.25, -0.2) is 0 Å². The van der Waals surface area contributed by atoms with Crippen molar-refractivity contribution in [1.82, 2.24) is 0 Å². The standard InChI is InChI=1S/C26H21BrCl3NO2/c1-32-23-10-15(9-20(27)26(23)33-13-14-5-7-16(28)8-6-14)25-19-4-2-3-18(19)24-21(30)11-17(29)12-22(24)31-25/h2-3,5-12,18-19,25,31H,4,13H2,1H3/t18-,19+,25-/m0/s1. The molecule has 3 aromatic carbocycles. The molecule has 0 saturated carbocycles. The van der Waals surface area contributed by atoms with Crippen molar-refractivity contribution in [2.75, 3.05) is 12.4 Å². The topological polar surface area (TPSA) is 30.5 Å². The molecule has 0 saturated heterocycles. The first-order valence-electron chi connectivity index (χ1n) is 10.6. The smallest absolute Gasteiger partial charge is 0.175 e. The fourth-order valence-electron chi connectivity index (χ4n) is 4.77. The summed E-state index contributed by atoms with van der Waals surface area (Å²) >= 11 is 22.6. The molecular weight excluding hydrogens is 545 g/mol. The summed E-state index contributed by atoms with van der Waals surface area (Å²) in [6.45, 7) is 0.409. The molecule has 3 aromatic rings. The highest BCUT2D eigenvalue weighted by Crippen LogP contribution is 2.53. The Balaban J connectivity index is 1.47. The van der Waals surface area contributed by atoms with Crippen LogP contribution < -0.4 is 14.8 Å². The number of nitrogens with one attached hydrogen (secondary N) is 1. The minimum absolute atomic E-state index is 0.0718. The van der Waals surface area contributed by atoms with Crippen LogP contribution in [0.5, 0.6) is 11.5 Å². The van der Waals surface area contributed by atoms with Crippen molar-refractivity contribution in [2.45, 2.75) is 25.0 Å². The molecule has 5 rings (SSSR count). The Bertz CT molecular complexity index is 1230. The Morgan fingerprint density at radius 2 is 1.82 bits per heavy atom. The minimum atomic E-state index is 0.0718. The van der Waals surface area contributed by atoms with Crippen LogP contribution in [0.4, 0.5) is 5.69 Å². The number of halogens is 4. The molecule has 1 aliphatic carbocycles. The summed E-state index contributed by atoms with van der Waals surface area (Å²) < 4.78 is 12.7. The molecule has 1 N–H and O–H groups in total. The molecule has 7 heteroatoms. The van der Waals surface area contributed by atoms with E-state index in [0.717, 1.165) is 33.3 Å². The summed E-state index contributed by atoms with van der Waals surface area (Å²) in [6, 6.07) is 15.6. The second kappa shape index (κ2) is 9.42. The summed E-state index contributed by atoms with van der Waals surface area (Å²) in [7, 11) is 1.66. The Hall–Kier alpha value is -1.85. The summed E-state index contributed by atoms with van der Waals surface area (Å²) in [5.74, 6) is 1.92. The highest BCUT2D eigenvalue weighted by atomic mass is 79.9. The molecule has 0 radical (unpaired) electrons. The lowest BCUT2D eigenvalue weighted by atomic mass is 9.77. The highest BCUT2D eigenvalue weighted by Gasteiger charge is 2.39. The van der Waals surface area contributed by atoms with Gasteiger partial charge in [-0.2, -0.15) is 0 Å². The highest BCUT2D eigenvalue weighted by molar-refractivity contribution is 9.10. The monoisotopic (exact) mass is 563 g/mol. The van der Waals surface area contributed by atoms with Crippen molar-refractivity contribution in [3.8, 4) is 11.5 Å². The van der Waals surface area contributed by atoms with Crippen LogP contribution in [-0.2, 0) is 6.61 Å². The number of fused-ring (bicyclic) bond motifs is 3. The minimum Gasteiger partial charge on any atom is -0.493 e. The summed E-state index contributed by atoms with van der Waals surface area (Å²) in [4.78, 5) is 0. The van der Waals surface area contributed by atoms with Gasteiger partial charge >= 0.3 is 0 Å². The molecule has 0 fully saturated rings. The van der Waals surface area contributed by atoms with Crippen molar-refractivity contribution in [2.24, 2.45) is 5.92 Å². The zero-order valence-corrected chi connectivity index (χ0v) is 21.6. The van der Waals surface area contributed by atoms with Gasteiger partial charge in [0.2, 0.25) is 0 Å². The number of hydrogen-bond acceptors (Lipinski definition) is 3. The Kier molecular flexibility index (Phi) is 6.54. The van der Waals surface area contributed by atoms with Crippen LogP contribution in [0, 0.1) is 5.92 Å². The lowest BCUT2D eigenvalue weighted by Gasteiger charge is -2.38. The predicted octanol–water partition coefficient (Wildman–Crippen LogP) is 8.82. The van der Waals surface area contributed by atoms with Gasteiger partial charge in [-0.3, -0.25) is 0 Å². The lowest BCUT2D eigenvalue weighted by Crippen LogP contribution is -2.29. The first-order valence-corrected chi connectivity index (χ1v) is 12.5. The molecule has 0 spiro atoms. The number of anilines is 1. The van der Waals surface area contributed by atoms with E-state index in [1.165, 1.54) is 0 Å². The van der Waals surface area contributed by atoms with E-state index in [-0.39, 0.29) is 12.0 Å². The summed E-state index contributed by atoms with van der Waals surface area (Å²) in [6.07, 6.45) is 5.46. The number of rotatable bonds is 5. The van der Waals surface area contributed by atoms with Crippen LogP contribution in [0.3, 0.4) is 0 Å². The Labute approximate surface area is 216 Å². The van der Waals surface area contributed by atoms with Crippen molar-refractivity contribution < 1.29 is 9.47 Å². The fraction of sp³-hybridized carbons (Fsp3) is 0.231. The first-order chi connectivity index (χ1) is 15.9. The second-order valence-electron chi connectivity index (χ2n) is 8.27. The molecule has 0 bridgehead atoms. The average Bonchev–Trinajstić information content (AvgIpc) is 3.27. The van der Waals surface area contributed by atoms with Gasteiger partial charge in [0.15, 0.2) is 11.5 Å². The van der Waals surface area contributed by atoms with E-state index in [1.807, 2.05) is 42.5 Å². The molecule has 0 unspecified atom stereocenters. The van der Waals surface area contributed by atoms with Gasteiger partial charge in [-0.15, -0.1) is 0 Å². The Morgan fingerprint density at radius 1 is 1.03 bits per heavy atom. The molecule has 33 heavy (non-hydrogen) atoms. The average molecular weight is 566 g/mol. The third-order valence-corrected chi connectivity index (χ3v) is 7.66. The van der Waals surface area contributed by atoms with Gasteiger partial charge in [0.05, 0.1) is 17.6 Å². The quantitative estimate of drug-likeness (QED) is 0.314. The number of methoxy groups -OCH3 is 1. The molecule has 2 aliphatic rings. The fourth-order valence-corrected chi connectivity index (χ4v) is 6.09. The first kappa shape index (κ1) is 22.9. The molecule has 1 heterocycles. The molecule has 170 valence electrons. The van der Waals surface area contributed by atoms with E-state index in [0.29, 0.717) is 39.1 Å². The van der Waals surface area contributed by atoms with Crippen LogP contribution >= 0.6 is 50.7 Å². The number of benzene rings is 3. The number of allylic oxidation sites excluding steroid dienone is 2. The molecule has 3 nitrogen and oxygen atoms in total. The normalized spacial score (nSPS) is 20.7. The van der Waals surface area contributed by atoms with Crippen molar-refractivity contribution in [3.05, 3.63) is 96.9 Å². The summed E-state index contributed by atoms with van der Waals surface area (Å²) in [5.41, 5.74) is 4.23. The van der Waals surface area contributed by atoms with E-state index in [4.69, 9.17) is 44.3 Å². The van der Waals surface area contributed by atoms with Crippen LogP contribution in [0.1, 0.15) is 35.1 Å². The van der Waals surface area contributed by atoms with Gasteiger partial charge in [0.25, 0.3) is 0 Å². The molecule has 0 aromatic heterocycles. The maximum Gasteiger partial charge on any atom is 0.175 e. The maximum atomic E-state index is 6.59. The van der Waals surface area contributed by atoms with Gasteiger partial charge < -0.3 is 14.8 Å². The van der Waals surface area contributed by atoms with E-state index in [9.17, 15) is 0 Å². The third kappa shape index (κ3) is 4.46. The predicted molar refractivity (Wildman–Crippen MR) is 139 cm³/mol. The van der Waals surface area contributed by atoms with E-state index in [1.54, 1.807) is 7.11 Å². The number of hydrogen-bond donors (Lipinski definition) is 1. The number of ether oxygens (including phenoxy) is 2. The van der Waals surface area contributed by atoms with Crippen LogP contribution in [0.15, 0.2) is 65.2 Å². The molecule has 1 aliphatic heterocycles. The molecule has 0 amide bonds. The van der Waals surface area contributed by atoms with E-state index >= 15 is 0 Å². The summed E-state index contributed by atoms with van der Waals surface area (Å²) in [5, 5.41) is 5.71. The van der Waals surface area contributed by atoms with Crippen LogP contribution in [-0.4, -0.2) is 7.11 Å². The molecular formula is C26H21BrCl3NO2. The largest absolute Gasteiger partial charge is 0.493 e. The van der Waals surface area contributed by atoms with Crippen LogP contribution in [0.2, 0.25) is 15.1 Å². The van der Waals surface area contributed by atoms with Gasteiger partial charge in [-0.05, 0) is 75.8 Å². The van der Waals surface area contributed by atoms with Crippen LogP contribution in [0.25, 0.3) is 0 Å². The van der Waals surface area contributed by atoms with Gasteiger partial charge in [0, 0.05) is 32.2 Å². The van der Waals surface area contributed by atoms with Crippen molar-refractivity contribution >= 4 is 56.4 Å². The Morgan fingerprint density at radius 3 is 2.58 bits per heavy atom. The molecule has 3 atom stereocenters. The lowest BCUT2D eigenvalue weighted by molar-refractivity contribution is 0.282. The zero-order valence-electron chi connectivity index (χ0n) is 17.7. The van der Waals surface area contributed by atoms with Gasteiger partial charge in [-0.1, -0.05) is 59.1 Å². The SMILES string of the molecule is COc1cc([C@@H]2Nc3cc(Cl)cc(Cl)c3[C@H]3C=CC[C@H]32)cc(Br)c1OCc1ccc(Cl)cc1. The van der Waals surface area contributed by atoms with E-state index in [2.05, 4.69) is 39.5 Å². The van der Waals surface area contributed by atoms with Crippen molar-refractivity contribution in [3.63, 3.8) is 0 Å². The third-order valence-electron chi connectivity index (χ3n) is 6.29. The van der Waals surface area contributed by atoms with Gasteiger partial charge in [0.1, 0.15) is 6.61 Å². The second-order valence-corrected chi connectivity index (χ2v) is 10.4. The van der Waals surface area contributed by atoms with Crippen molar-refractivity contribution in [1.29, 1.82) is 0 Å². The van der Waals surface area contributed by atoms with E-state index < -0.39 is 0 Å². The zero-order chi connectivity index (χ0) is 23.1. The maximum absolute atomic E-state index is 6.59.